The lowest BCUT2D eigenvalue weighted by atomic mass is 9.93. The van der Waals surface area contributed by atoms with Crippen LogP contribution in [0, 0.1) is 11.6 Å². The van der Waals surface area contributed by atoms with Gasteiger partial charge in [0, 0.05) is 23.4 Å². The minimum atomic E-state index is -1.08. The molecule has 0 unspecified atom stereocenters. The minimum absolute atomic E-state index is 0.00215. The molecule has 3 amide bonds. The summed E-state index contributed by atoms with van der Waals surface area (Å²) in [5.41, 5.74) is 0.962. The summed E-state index contributed by atoms with van der Waals surface area (Å²) in [5.74, 6) is -1.68. The van der Waals surface area contributed by atoms with Gasteiger partial charge in [-0.15, -0.1) is 0 Å². The average molecular weight is 415 g/mol. The lowest BCUT2D eigenvalue weighted by molar-refractivity contribution is -0.113. The van der Waals surface area contributed by atoms with Crippen LogP contribution in [-0.2, 0) is 4.79 Å². The summed E-state index contributed by atoms with van der Waals surface area (Å²) in [7, 11) is 1.48. The highest BCUT2D eigenvalue weighted by atomic mass is 19.1. The lowest BCUT2D eigenvalue weighted by Crippen LogP contribution is -2.51. The van der Waals surface area contributed by atoms with Crippen molar-refractivity contribution in [1.29, 1.82) is 0 Å². The Labute approximate surface area is 173 Å². The van der Waals surface area contributed by atoms with Crippen LogP contribution < -0.4 is 15.4 Å². The monoisotopic (exact) mass is 415 g/mol. The summed E-state index contributed by atoms with van der Waals surface area (Å²) < 4.78 is 33.2. The van der Waals surface area contributed by atoms with Crippen LogP contribution in [0.3, 0.4) is 0 Å². The lowest BCUT2D eigenvalue weighted by Gasteiger charge is -2.38. The van der Waals surface area contributed by atoms with E-state index in [-0.39, 0.29) is 17.2 Å². The van der Waals surface area contributed by atoms with E-state index in [1.807, 2.05) is 0 Å². The Morgan fingerprint density at radius 1 is 1.20 bits per heavy atom. The van der Waals surface area contributed by atoms with E-state index in [0.717, 1.165) is 12.1 Å². The molecule has 2 aromatic rings. The standard InChI is InChI=1S/C22H23F2N3O3/c1-12(2)27-13(3)19(21(28)25-17-7-5-6-8-18(17)30-4)20(26-22(27)29)15-10-9-14(23)11-16(15)24/h5-12,20H,1-4H3,(H,25,28)(H,26,29)/t20-/m1/s1. The van der Waals surface area contributed by atoms with E-state index in [4.69, 9.17) is 4.74 Å². The first-order valence-electron chi connectivity index (χ1n) is 9.44. The number of para-hydroxylation sites is 2. The Hall–Kier alpha value is -3.42. The van der Waals surface area contributed by atoms with Gasteiger partial charge in [0.05, 0.1) is 24.4 Å². The zero-order valence-corrected chi connectivity index (χ0v) is 17.1. The van der Waals surface area contributed by atoms with Gasteiger partial charge in [0.2, 0.25) is 0 Å². The number of carbonyl (C=O) groups excluding carboxylic acids is 2. The molecule has 0 aromatic heterocycles. The predicted molar refractivity (Wildman–Crippen MR) is 109 cm³/mol. The molecule has 1 atom stereocenters. The normalized spacial score (nSPS) is 16.6. The molecule has 6 nitrogen and oxygen atoms in total. The summed E-state index contributed by atoms with van der Waals surface area (Å²) >= 11 is 0. The number of anilines is 1. The maximum absolute atomic E-state index is 14.5. The number of rotatable bonds is 5. The fourth-order valence-corrected chi connectivity index (χ4v) is 3.58. The third kappa shape index (κ3) is 3.98. The second kappa shape index (κ2) is 8.52. The number of carbonyl (C=O) groups is 2. The molecule has 8 heteroatoms. The molecule has 2 aromatic carbocycles. The number of hydrogen-bond acceptors (Lipinski definition) is 3. The second-order valence-electron chi connectivity index (χ2n) is 7.17. The largest absolute Gasteiger partial charge is 0.495 e. The zero-order chi connectivity index (χ0) is 22.0. The van der Waals surface area contributed by atoms with Crippen molar-refractivity contribution in [2.24, 2.45) is 0 Å². The Balaban J connectivity index is 2.10. The maximum atomic E-state index is 14.5. The maximum Gasteiger partial charge on any atom is 0.322 e. The van der Waals surface area contributed by atoms with E-state index in [1.54, 1.807) is 45.0 Å². The van der Waals surface area contributed by atoms with Gasteiger partial charge in [0.1, 0.15) is 17.4 Å². The number of methoxy groups -OCH3 is 1. The SMILES string of the molecule is COc1ccccc1NC(=O)C1=C(C)N(C(C)C)C(=O)N[C@@H]1c1ccc(F)cc1F. The fourth-order valence-electron chi connectivity index (χ4n) is 3.58. The summed E-state index contributed by atoms with van der Waals surface area (Å²) in [4.78, 5) is 27.4. The molecule has 0 bridgehead atoms. The van der Waals surface area contributed by atoms with Crippen molar-refractivity contribution < 1.29 is 23.1 Å². The summed E-state index contributed by atoms with van der Waals surface area (Å²) in [6, 6.07) is 8.11. The Morgan fingerprint density at radius 2 is 1.90 bits per heavy atom. The Morgan fingerprint density at radius 3 is 2.53 bits per heavy atom. The number of allylic oxidation sites excluding steroid dienone is 1. The van der Waals surface area contributed by atoms with Crippen molar-refractivity contribution in [3.8, 4) is 5.75 Å². The molecular formula is C22H23F2N3O3. The van der Waals surface area contributed by atoms with Crippen molar-refractivity contribution in [2.45, 2.75) is 32.9 Å². The van der Waals surface area contributed by atoms with Crippen LogP contribution in [0.2, 0.25) is 0 Å². The molecule has 1 aliphatic rings. The quantitative estimate of drug-likeness (QED) is 0.762. The van der Waals surface area contributed by atoms with E-state index in [9.17, 15) is 18.4 Å². The number of hydrogen-bond donors (Lipinski definition) is 2. The Kier molecular flexibility index (Phi) is 6.05. The van der Waals surface area contributed by atoms with Gasteiger partial charge in [-0.05, 0) is 39.0 Å². The number of amides is 3. The summed E-state index contributed by atoms with van der Waals surface area (Å²) in [6.07, 6.45) is 0. The van der Waals surface area contributed by atoms with Crippen molar-refractivity contribution in [3.05, 3.63) is 70.9 Å². The van der Waals surface area contributed by atoms with Crippen LogP contribution in [0.4, 0.5) is 19.3 Å². The number of nitrogens with zero attached hydrogens (tertiary/aromatic N) is 1. The smallest absolute Gasteiger partial charge is 0.322 e. The van der Waals surface area contributed by atoms with E-state index >= 15 is 0 Å². The number of nitrogens with one attached hydrogen (secondary N) is 2. The molecule has 1 heterocycles. The summed E-state index contributed by atoms with van der Waals surface area (Å²) in [6.45, 7) is 5.24. The van der Waals surface area contributed by atoms with Crippen LogP contribution in [0.25, 0.3) is 0 Å². The van der Waals surface area contributed by atoms with Crippen molar-refractivity contribution in [2.75, 3.05) is 12.4 Å². The van der Waals surface area contributed by atoms with Gasteiger partial charge in [-0.1, -0.05) is 18.2 Å². The first-order valence-corrected chi connectivity index (χ1v) is 9.44. The minimum Gasteiger partial charge on any atom is -0.495 e. The molecule has 3 rings (SSSR count). The first kappa shape index (κ1) is 21.3. The van der Waals surface area contributed by atoms with Crippen LogP contribution >= 0.6 is 0 Å². The molecule has 30 heavy (non-hydrogen) atoms. The predicted octanol–water partition coefficient (Wildman–Crippen LogP) is 4.36. The van der Waals surface area contributed by atoms with Gasteiger partial charge in [0.25, 0.3) is 5.91 Å². The highest BCUT2D eigenvalue weighted by Crippen LogP contribution is 2.34. The van der Waals surface area contributed by atoms with Crippen LogP contribution in [-0.4, -0.2) is 30.0 Å². The van der Waals surface area contributed by atoms with E-state index in [2.05, 4.69) is 10.6 Å². The van der Waals surface area contributed by atoms with Gasteiger partial charge in [-0.3, -0.25) is 9.69 Å². The Bertz CT molecular complexity index is 1020. The van der Waals surface area contributed by atoms with Crippen molar-refractivity contribution in [1.82, 2.24) is 10.2 Å². The third-order valence-corrected chi connectivity index (χ3v) is 4.92. The number of urea groups is 1. The van der Waals surface area contributed by atoms with Gasteiger partial charge >= 0.3 is 6.03 Å². The van der Waals surface area contributed by atoms with Gasteiger partial charge < -0.3 is 15.4 Å². The molecule has 0 saturated carbocycles. The second-order valence-corrected chi connectivity index (χ2v) is 7.17. The zero-order valence-electron chi connectivity index (χ0n) is 17.1. The summed E-state index contributed by atoms with van der Waals surface area (Å²) in [5, 5.41) is 5.44. The molecule has 0 fully saturated rings. The van der Waals surface area contributed by atoms with E-state index in [0.29, 0.717) is 17.1 Å². The highest BCUT2D eigenvalue weighted by molar-refractivity contribution is 6.07. The highest BCUT2D eigenvalue weighted by Gasteiger charge is 2.38. The fraction of sp³-hybridized carbons (Fsp3) is 0.273. The van der Waals surface area contributed by atoms with Gasteiger partial charge in [-0.25, -0.2) is 13.6 Å². The third-order valence-electron chi connectivity index (χ3n) is 4.92. The van der Waals surface area contributed by atoms with Crippen molar-refractivity contribution in [3.63, 3.8) is 0 Å². The van der Waals surface area contributed by atoms with Crippen LogP contribution in [0.15, 0.2) is 53.7 Å². The van der Waals surface area contributed by atoms with Crippen LogP contribution in [0.5, 0.6) is 5.75 Å². The molecule has 0 saturated heterocycles. The molecule has 0 aliphatic carbocycles. The van der Waals surface area contributed by atoms with E-state index in [1.165, 1.54) is 18.1 Å². The van der Waals surface area contributed by atoms with Crippen molar-refractivity contribution >= 4 is 17.6 Å². The topological polar surface area (TPSA) is 70.7 Å². The van der Waals surface area contributed by atoms with Gasteiger partial charge in [0.15, 0.2) is 0 Å². The molecule has 158 valence electrons. The number of ether oxygens (including phenoxy) is 1. The molecule has 0 radical (unpaired) electrons. The van der Waals surface area contributed by atoms with E-state index < -0.39 is 29.6 Å². The first-order chi connectivity index (χ1) is 14.2. The van der Waals surface area contributed by atoms with Crippen LogP contribution in [0.1, 0.15) is 32.4 Å². The average Bonchev–Trinajstić information content (AvgIpc) is 2.67. The van der Waals surface area contributed by atoms with Gasteiger partial charge in [-0.2, -0.15) is 0 Å². The molecule has 1 aliphatic heterocycles. The molecule has 2 N–H and O–H groups in total. The molecular weight excluding hydrogens is 392 g/mol. The molecule has 0 spiro atoms. The number of halogens is 2. The number of benzene rings is 2.